The molecule has 11 heteroatoms. The Kier molecular flexibility index (Phi) is 8.09. The highest BCUT2D eigenvalue weighted by Crippen LogP contribution is 2.39. The molecular weight excluding hydrogens is 569 g/mol. The van der Waals surface area contributed by atoms with Gasteiger partial charge in [0.15, 0.2) is 5.65 Å². The third-order valence-corrected chi connectivity index (χ3v) is 8.56. The van der Waals surface area contributed by atoms with Crippen LogP contribution in [0.15, 0.2) is 59.1 Å². The Bertz CT molecular complexity index is 1740. The number of carbonyl (C=O) groups is 1. The Labute approximate surface area is 255 Å². The van der Waals surface area contributed by atoms with Crippen molar-refractivity contribution in [1.82, 2.24) is 24.3 Å². The van der Waals surface area contributed by atoms with Gasteiger partial charge in [0.1, 0.15) is 11.6 Å². The predicted molar refractivity (Wildman–Crippen MR) is 171 cm³/mol. The maximum Gasteiger partial charge on any atom is 0.355 e. The first kappa shape index (κ1) is 30.3. The SMILES string of the molecule is C=CC(=O)N1C[C@H](C)N(c2nc(=O)n(C3=C(C(C)C)N(C)CC=C3C)c3nc(-c4c(N)cccc4F)c(Cl)cc23)C[C@H]1C. The lowest BCUT2D eigenvalue weighted by Gasteiger charge is -2.44. The molecule has 2 aliphatic rings. The highest BCUT2D eigenvalue weighted by Gasteiger charge is 2.34. The quantitative estimate of drug-likeness (QED) is 0.317. The summed E-state index contributed by atoms with van der Waals surface area (Å²) in [7, 11) is 1.98. The van der Waals surface area contributed by atoms with Crippen molar-refractivity contribution >= 4 is 45.7 Å². The van der Waals surface area contributed by atoms with Gasteiger partial charge in [-0.15, -0.1) is 0 Å². The van der Waals surface area contributed by atoms with E-state index in [2.05, 4.69) is 36.4 Å². The largest absolute Gasteiger partial charge is 0.398 e. The third kappa shape index (κ3) is 5.18. The number of halogens is 2. The van der Waals surface area contributed by atoms with Gasteiger partial charge in [0, 0.05) is 50.2 Å². The number of allylic oxidation sites excluding steroid dienone is 3. The van der Waals surface area contributed by atoms with E-state index in [0.717, 1.165) is 11.3 Å². The highest BCUT2D eigenvalue weighted by atomic mass is 35.5. The molecule has 0 unspecified atom stereocenters. The number of benzene rings is 1. The van der Waals surface area contributed by atoms with E-state index in [4.69, 9.17) is 22.3 Å². The minimum atomic E-state index is -0.571. The number of carbonyl (C=O) groups excluding carboxylic acids is 1. The maximum atomic E-state index is 15.2. The van der Waals surface area contributed by atoms with Crippen molar-refractivity contribution in [3.63, 3.8) is 0 Å². The lowest BCUT2D eigenvalue weighted by molar-refractivity contribution is -0.128. The first-order valence-corrected chi connectivity index (χ1v) is 14.7. The van der Waals surface area contributed by atoms with Crippen LogP contribution in [-0.4, -0.2) is 69.0 Å². The standard InChI is InChI=1S/C32H37ClFN7O2/c1-8-25(42)39-15-20(6)40(16-19(39)5)30-21-14-22(33)27(26-23(34)10-9-11-24(26)35)36-31(21)41(32(43)37-30)29-18(4)12-13-38(7)28(29)17(2)3/h8-12,14,17,19-20H,1,13,15-16,35H2,2-7H3/t19-,20+/m1/s1. The Balaban J connectivity index is 1.85. The van der Waals surface area contributed by atoms with Gasteiger partial charge >= 0.3 is 5.69 Å². The fourth-order valence-electron chi connectivity index (χ4n) is 6.19. The molecule has 1 aromatic carbocycles. The monoisotopic (exact) mass is 605 g/mol. The van der Waals surface area contributed by atoms with Crippen LogP contribution in [-0.2, 0) is 4.79 Å². The van der Waals surface area contributed by atoms with E-state index in [0.29, 0.717) is 36.5 Å². The zero-order valence-electron chi connectivity index (χ0n) is 25.4. The van der Waals surface area contributed by atoms with Gasteiger partial charge in [0.2, 0.25) is 5.91 Å². The molecule has 9 nitrogen and oxygen atoms in total. The Morgan fingerprint density at radius 2 is 1.93 bits per heavy atom. The number of fused-ring (bicyclic) bond motifs is 1. The van der Waals surface area contributed by atoms with E-state index >= 15 is 4.39 Å². The van der Waals surface area contributed by atoms with Crippen LogP contribution in [0.2, 0.25) is 5.02 Å². The number of rotatable bonds is 5. The number of hydrogen-bond donors (Lipinski definition) is 1. The molecule has 2 aromatic heterocycles. The van der Waals surface area contributed by atoms with Crippen LogP contribution >= 0.6 is 11.6 Å². The molecule has 226 valence electrons. The van der Waals surface area contributed by atoms with Crippen LogP contribution in [0.25, 0.3) is 28.0 Å². The molecule has 0 radical (unpaired) electrons. The minimum absolute atomic E-state index is 0.0661. The summed E-state index contributed by atoms with van der Waals surface area (Å²) in [6, 6.07) is 5.74. The van der Waals surface area contributed by atoms with E-state index in [-0.39, 0.29) is 51.5 Å². The van der Waals surface area contributed by atoms with Gasteiger partial charge in [-0.25, -0.2) is 18.7 Å². The molecule has 0 bridgehead atoms. The van der Waals surface area contributed by atoms with Crippen LogP contribution in [0, 0.1) is 11.7 Å². The second kappa shape index (κ2) is 11.5. The van der Waals surface area contributed by atoms with Crippen LogP contribution < -0.4 is 16.3 Å². The molecule has 0 aliphatic carbocycles. The number of piperazine rings is 1. The highest BCUT2D eigenvalue weighted by molar-refractivity contribution is 6.34. The number of amides is 1. The van der Waals surface area contributed by atoms with E-state index in [1.807, 2.05) is 32.7 Å². The number of nitrogens with zero attached hydrogens (tertiary/aromatic N) is 6. The molecule has 1 fully saturated rings. The number of aromatic nitrogens is 3. The van der Waals surface area contributed by atoms with Gasteiger partial charge in [-0.2, -0.15) is 4.98 Å². The lowest BCUT2D eigenvalue weighted by atomic mass is 9.99. The summed E-state index contributed by atoms with van der Waals surface area (Å²) in [5.74, 6) is -0.240. The second-order valence-electron chi connectivity index (χ2n) is 11.6. The van der Waals surface area contributed by atoms with E-state index in [9.17, 15) is 9.59 Å². The fourth-order valence-corrected chi connectivity index (χ4v) is 6.44. The normalized spacial score (nSPS) is 19.4. The molecule has 3 aromatic rings. The van der Waals surface area contributed by atoms with Crippen LogP contribution in [0.5, 0.6) is 0 Å². The number of anilines is 2. The van der Waals surface area contributed by atoms with Crippen molar-refractivity contribution in [2.24, 2.45) is 5.92 Å². The zero-order valence-corrected chi connectivity index (χ0v) is 26.1. The van der Waals surface area contributed by atoms with Crippen LogP contribution in [0.3, 0.4) is 0 Å². The molecule has 0 spiro atoms. The molecule has 0 saturated carbocycles. The van der Waals surface area contributed by atoms with Crippen molar-refractivity contribution in [1.29, 1.82) is 0 Å². The second-order valence-corrected chi connectivity index (χ2v) is 12.1. The molecular formula is C32H37ClFN7O2. The van der Waals surface area contributed by atoms with Crippen LogP contribution in [0.4, 0.5) is 15.9 Å². The number of likely N-dealkylation sites (N-methyl/N-ethyl adjacent to an activating group) is 1. The Morgan fingerprint density at radius 3 is 2.58 bits per heavy atom. The summed E-state index contributed by atoms with van der Waals surface area (Å²) >= 11 is 6.84. The Morgan fingerprint density at radius 1 is 1.21 bits per heavy atom. The van der Waals surface area contributed by atoms with E-state index < -0.39 is 11.5 Å². The van der Waals surface area contributed by atoms with Crippen molar-refractivity contribution in [3.8, 4) is 11.3 Å². The van der Waals surface area contributed by atoms with E-state index in [1.165, 1.54) is 22.8 Å². The molecule has 2 aliphatic heterocycles. The van der Waals surface area contributed by atoms with E-state index in [1.54, 1.807) is 17.0 Å². The molecule has 1 saturated heterocycles. The van der Waals surface area contributed by atoms with Gasteiger partial charge in [-0.3, -0.25) is 4.79 Å². The van der Waals surface area contributed by atoms with Crippen molar-refractivity contribution in [3.05, 3.63) is 75.6 Å². The molecule has 2 N–H and O–H groups in total. The first-order chi connectivity index (χ1) is 20.3. The minimum Gasteiger partial charge on any atom is -0.398 e. The van der Waals surface area contributed by atoms with Gasteiger partial charge in [0.25, 0.3) is 0 Å². The van der Waals surface area contributed by atoms with Gasteiger partial charge in [-0.1, -0.05) is 44.2 Å². The average molecular weight is 606 g/mol. The number of pyridine rings is 1. The first-order valence-electron chi connectivity index (χ1n) is 14.4. The zero-order chi connectivity index (χ0) is 31.3. The summed E-state index contributed by atoms with van der Waals surface area (Å²) < 4.78 is 16.7. The molecule has 4 heterocycles. The number of nitrogen functional groups attached to an aromatic ring is 1. The summed E-state index contributed by atoms with van der Waals surface area (Å²) in [5.41, 5.74) is 8.91. The van der Waals surface area contributed by atoms with Crippen molar-refractivity contribution in [2.45, 2.75) is 46.7 Å². The van der Waals surface area contributed by atoms with Crippen molar-refractivity contribution in [2.75, 3.05) is 37.3 Å². The average Bonchev–Trinajstić information content (AvgIpc) is 2.95. The number of hydrogen-bond acceptors (Lipinski definition) is 7. The smallest absolute Gasteiger partial charge is 0.355 e. The van der Waals surface area contributed by atoms with Gasteiger partial charge in [0.05, 0.1) is 27.4 Å². The summed E-state index contributed by atoms with van der Waals surface area (Å²) in [6.45, 7) is 15.2. The van der Waals surface area contributed by atoms with Gasteiger partial charge in [-0.05, 0) is 56.5 Å². The fraction of sp³-hybridized carbons (Fsp3) is 0.375. The molecule has 1 amide bonds. The predicted octanol–water partition coefficient (Wildman–Crippen LogP) is 5.16. The maximum absolute atomic E-state index is 15.2. The number of nitrogens with two attached hydrogens (primary N) is 1. The topological polar surface area (TPSA) is 101 Å². The lowest BCUT2D eigenvalue weighted by Crippen LogP contribution is -2.58. The molecule has 2 atom stereocenters. The molecule has 43 heavy (non-hydrogen) atoms. The summed E-state index contributed by atoms with van der Waals surface area (Å²) in [4.78, 5) is 42.1. The summed E-state index contributed by atoms with van der Waals surface area (Å²) in [6.07, 6.45) is 3.36. The Hall–Kier alpha value is -4.18. The van der Waals surface area contributed by atoms with Crippen molar-refractivity contribution < 1.29 is 9.18 Å². The van der Waals surface area contributed by atoms with Gasteiger partial charge < -0.3 is 20.4 Å². The summed E-state index contributed by atoms with van der Waals surface area (Å²) in [5, 5.41) is 0.701. The molecule has 5 rings (SSSR count). The van der Waals surface area contributed by atoms with Crippen LogP contribution in [0.1, 0.15) is 34.6 Å². The third-order valence-electron chi connectivity index (χ3n) is 8.27.